The van der Waals surface area contributed by atoms with Gasteiger partial charge in [-0.05, 0) is 75.0 Å². The zero-order chi connectivity index (χ0) is 37.2. The van der Waals surface area contributed by atoms with Gasteiger partial charge in [-0.25, -0.2) is 9.78 Å². The van der Waals surface area contributed by atoms with E-state index < -0.39 is 18.0 Å². The van der Waals surface area contributed by atoms with E-state index in [0.717, 1.165) is 33.2 Å². The normalized spacial score (nSPS) is 15.3. The summed E-state index contributed by atoms with van der Waals surface area (Å²) in [5.74, 6) is -0.0340. The standard InChI is InChI=1S/C22H26N2O4S.C16H16N2O3S/c1-15(25)28-20-21(16-9-11-17(27-4)12-10-16)29-19-8-6-5-7-18(19)24(22(20)26)14-13-23(2)3;1-9(2)8-21-13-5-4-11(6-12(13)7-17)15-18-10(3)14(22-15)16(19)20/h5-12,20-21H,13-14H2,1-4H3;4-6,9H,8H2,1-3H3,(H,19,20)/t20-,21+;/m1./s1. The fourth-order valence-corrected chi connectivity index (χ4v) is 7.31. The summed E-state index contributed by atoms with van der Waals surface area (Å²) in [6.07, 6.45) is -0.916. The second-order valence-corrected chi connectivity index (χ2v) is 14.6. The number of carboxylic acids is 1. The third-order valence-corrected chi connectivity index (χ3v) is 10.2. The van der Waals surface area contributed by atoms with Gasteiger partial charge in [-0.2, -0.15) is 5.26 Å². The van der Waals surface area contributed by atoms with Crippen molar-refractivity contribution in [1.29, 1.82) is 5.26 Å². The van der Waals surface area contributed by atoms with E-state index in [4.69, 9.17) is 19.3 Å². The molecule has 1 amide bonds. The van der Waals surface area contributed by atoms with Gasteiger partial charge in [0.25, 0.3) is 5.91 Å². The Hall–Kier alpha value is -4.90. The number of benzene rings is 3. The fraction of sp³-hybridized carbons (Fsp3) is 0.342. The Bertz CT molecular complexity index is 1890. The van der Waals surface area contributed by atoms with Gasteiger partial charge in [0.15, 0.2) is 6.10 Å². The lowest BCUT2D eigenvalue weighted by Gasteiger charge is -2.28. The van der Waals surface area contributed by atoms with Crippen LogP contribution in [0.15, 0.2) is 71.6 Å². The van der Waals surface area contributed by atoms with Crippen LogP contribution in [0.2, 0.25) is 0 Å². The number of rotatable bonds is 11. The highest BCUT2D eigenvalue weighted by molar-refractivity contribution is 7.99. The van der Waals surface area contributed by atoms with Crippen molar-refractivity contribution in [3.8, 4) is 28.1 Å². The summed E-state index contributed by atoms with van der Waals surface area (Å²) in [5.41, 5.74) is 3.36. The number of hydrogen-bond donors (Lipinski definition) is 1. The number of carbonyl (C=O) groups is 3. The molecule has 268 valence electrons. The molecule has 0 spiro atoms. The van der Waals surface area contributed by atoms with Crippen LogP contribution in [-0.4, -0.2) is 79.8 Å². The van der Waals surface area contributed by atoms with Crippen molar-refractivity contribution in [2.75, 3.05) is 45.8 Å². The Morgan fingerprint density at radius 2 is 1.80 bits per heavy atom. The van der Waals surface area contributed by atoms with Crippen LogP contribution in [0.5, 0.6) is 11.5 Å². The number of hydrogen-bond acceptors (Lipinski definition) is 11. The quantitative estimate of drug-likeness (QED) is 0.158. The molecule has 11 nitrogen and oxygen atoms in total. The minimum atomic E-state index is -0.987. The molecule has 0 radical (unpaired) electrons. The Morgan fingerprint density at radius 3 is 2.39 bits per heavy atom. The summed E-state index contributed by atoms with van der Waals surface area (Å²) in [6.45, 7) is 8.81. The lowest BCUT2D eigenvalue weighted by Crippen LogP contribution is -2.45. The molecule has 4 aromatic rings. The Morgan fingerprint density at radius 1 is 1.10 bits per heavy atom. The number of fused-ring (bicyclic) bond motifs is 1. The monoisotopic (exact) mass is 730 g/mol. The molecule has 0 bridgehead atoms. The van der Waals surface area contributed by atoms with Crippen LogP contribution in [0.1, 0.15) is 52.5 Å². The zero-order valence-corrected chi connectivity index (χ0v) is 31.3. The lowest BCUT2D eigenvalue weighted by molar-refractivity contribution is -0.152. The Labute approximate surface area is 306 Å². The summed E-state index contributed by atoms with van der Waals surface area (Å²) in [7, 11) is 5.54. The lowest BCUT2D eigenvalue weighted by atomic mass is 10.1. The van der Waals surface area contributed by atoms with Crippen LogP contribution in [0.4, 0.5) is 5.69 Å². The molecule has 0 aliphatic carbocycles. The van der Waals surface area contributed by atoms with Gasteiger partial charge >= 0.3 is 11.9 Å². The molecule has 1 aliphatic rings. The average Bonchev–Trinajstić information content (AvgIpc) is 3.46. The van der Waals surface area contributed by atoms with Crippen LogP contribution >= 0.6 is 23.1 Å². The number of nitrogens with zero attached hydrogens (tertiary/aromatic N) is 4. The number of likely N-dealkylation sites (N-methyl/N-ethyl adjacent to an activating group) is 1. The minimum Gasteiger partial charge on any atom is -0.497 e. The molecule has 1 N–H and O–H groups in total. The third kappa shape index (κ3) is 10.1. The predicted octanol–water partition coefficient (Wildman–Crippen LogP) is 7.09. The highest BCUT2D eigenvalue weighted by Crippen LogP contribution is 2.47. The minimum absolute atomic E-state index is 0.208. The number of aromatic nitrogens is 1. The van der Waals surface area contributed by atoms with Crippen molar-refractivity contribution in [3.63, 3.8) is 0 Å². The molecule has 2 atom stereocenters. The number of ether oxygens (including phenoxy) is 3. The topological polar surface area (TPSA) is 142 Å². The van der Waals surface area contributed by atoms with E-state index in [1.54, 1.807) is 48.9 Å². The smallest absolute Gasteiger partial charge is 0.347 e. The summed E-state index contributed by atoms with van der Waals surface area (Å²) in [6, 6.07) is 22.7. The van der Waals surface area contributed by atoms with E-state index in [9.17, 15) is 19.6 Å². The van der Waals surface area contributed by atoms with E-state index >= 15 is 0 Å². The maximum Gasteiger partial charge on any atom is 0.347 e. The summed E-state index contributed by atoms with van der Waals surface area (Å²) >= 11 is 2.65. The number of thiazole rings is 1. The van der Waals surface area contributed by atoms with Gasteiger partial charge in [-0.15, -0.1) is 23.1 Å². The number of amides is 1. The Kier molecular flexibility index (Phi) is 13.6. The molecule has 0 unspecified atom stereocenters. The molecule has 5 rings (SSSR count). The average molecular weight is 731 g/mol. The van der Waals surface area contributed by atoms with Gasteiger partial charge in [0, 0.05) is 30.5 Å². The number of nitriles is 1. The van der Waals surface area contributed by atoms with Crippen molar-refractivity contribution in [1.82, 2.24) is 9.88 Å². The van der Waals surface area contributed by atoms with Crippen molar-refractivity contribution >= 4 is 46.6 Å². The van der Waals surface area contributed by atoms with Crippen molar-refractivity contribution in [2.45, 2.75) is 43.9 Å². The number of aryl methyl sites for hydroxylation is 1. The number of methoxy groups -OCH3 is 1. The maximum atomic E-state index is 13.6. The van der Waals surface area contributed by atoms with Gasteiger partial charge in [0.2, 0.25) is 0 Å². The van der Waals surface area contributed by atoms with Crippen LogP contribution in [0.25, 0.3) is 10.6 Å². The Balaban J connectivity index is 0.000000238. The number of aromatic carboxylic acids is 1. The van der Waals surface area contributed by atoms with E-state index in [2.05, 4.69) is 11.1 Å². The van der Waals surface area contributed by atoms with Crippen LogP contribution in [0, 0.1) is 24.2 Å². The van der Waals surface area contributed by atoms with E-state index in [1.807, 2.05) is 81.4 Å². The summed E-state index contributed by atoms with van der Waals surface area (Å²) in [5, 5.41) is 18.6. The number of anilines is 1. The SMILES string of the molecule is COc1ccc([C@@H]2Sc3ccccc3N(CCN(C)C)C(=O)[C@@H]2OC(C)=O)cc1.Cc1nc(-c2ccc(OCC(C)C)c(C#N)c2)sc1C(=O)O. The summed E-state index contributed by atoms with van der Waals surface area (Å²) < 4.78 is 16.4. The first-order valence-corrected chi connectivity index (χ1v) is 17.9. The molecule has 2 heterocycles. The second kappa shape index (κ2) is 17.8. The van der Waals surface area contributed by atoms with Crippen molar-refractivity contribution in [2.24, 2.45) is 5.92 Å². The first-order chi connectivity index (χ1) is 24.3. The van der Waals surface area contributed by atoms with Gasteiger partial charge in [-0.1, -0.05) is 38.1 Å². The number of thioether (sulfide) groups is 1. The fourth-order valence-electron chi connectivity index (χ4n) is 5.09. The molecule has 3 aromatic carbocycles. The zero-order valence-electron chi connectivity index (χ0n) is 29.7. The molecular formula is C38H42N4O7S2. The van der Waals surface area contributed by atoms with Gasteiger partial charge in [-0.3, -0.25) is 9.59 Å². The van der Waals surface area contributed by atoms with Gasteiger partial charge in [0.1, 0.15) is 27.5 Å². The largest absolute Gasteiger partial charge is 0.497 e. The van der Waals surface area contributed by atoms with Crippen LogP contribution in [-0.2, 0) is 14.3 Å². The van der Waals surface area contributed by atoms with Crippen LogP contribution < -0.4 is 14.4 Å². The number of para-hydroxylation sites is 1. The van der Waals surface area contributed by atoms with Crippen molar-refractivity contribution < 1.29 is 33.7 Å². The molecule has 0 saturated carbocycles. The van der Waals surface area contributed by atoms with Gasteiger partial charge in [0.05, 0.1) is 35.9 Å². The molecular weight excluding hydrogens is 689 g/mol. The first kappa shape index (κ1) is 38.9. The molecule has 0 saturated heterocycles. The first-order valence-electron chi connectivity index (χ1n) is 16.2. The highest BCUT2D eigenvalue weighted by atomic mass is 32.2. The highest BCUT2D eigenvalue weighted by Gasteiger charge is 2.40. The van der Waals surface area contributed by atoms with Crippen molar-refractivity contribution in [3.05, 3.63) is 88.4 Å². The number of carboxylic acid groups (broad SMARTS) is 1. The molecule has 13 heteroatoms. The van der Waals surface area contributed by atoms with E-state index in [1.165, 1.54) is 6.92 Å². The van der Waals surface area contributed by atoms with Crippen LogP contribution in [0.3, 0.4) is 0 Å². The number of esters is 1. The molecule has 51 heavy (non-hydrogen) atoms. The third-order valence-electron chi connectivity index (χ3n) is 7.61. The molecule has 1 aliphatic heterocycles. The van der Waals surface area contributed by atoms with E-state index in [0.29, 0.717) is 53.2 Å². The predicted molar refractivity (Wildman–Crippen MR) is 199 cm³/mol. The number of carbonyl (C=O) groups excluding carboxylic acids is 2. The molecule has 1 aromatic heterocycles. The summed E-state index contributed by atoms with van der Waals surface area (Å²) in [4.78, 5) is 45.7. The maximum absolute atomic E-state index is 13.6. The van der Waals surface area contributed by atoms with Gasteiger partial charge < -0.3 is 29.1 Å². The molecule has 0 fully saturated rings. The second-order valence-electron chi connectivity index (χ2n) is 12.4. The van der Waals surface area contributed by atoms with E-state index in [-0.39, 0.29) is 16.0 Å².